The first kappa shape index (κ1) is 20.1. The molecule has 2 aromatic carbocycles. The molecule has 1 unspecified atom stereocenters. The third-order valence-electron chi connectivity index (χ3n) is 4.75. The Kier molecular flexibility index (Phi) is 5.87. The number of fused-ring (bicyclic) bond motifs is 1. The summed E-state index contributed by atoms with van der Waals surface area (Å²) < 4.78 is 33.6. The summed E-state index contributed by atoms with van der Waals surface area (Å²) in [6, 6.07) is 9.86. The summed E-state index contributed by atoms with van der Waals surface area (Å²) in [6.45, 7) is 1.78. The third-order valence-corrected chi connectivity index (χ3v) is 5.66. The molecular formula is C19H24N3O5S+. The number of anilines is 1. The molecule has 1 aliphatic rings. The number of nitrogens with two attached hydrogens (primary N) is 1. The summed E-state index contributed by atoms with van der Waals surface area (Å²) >= 11 is 0. The van der Waals surface area contributed by atoms with Crippen LogP contribution in [0.25, 0.3) is 0 Å². The van der Waals surface area contributed by atoms with Gasteiger partial charge in [-0.05, 0) is 35.9 Å². The minimum absolute atomic E-state index is 0.0365. The van der Waals surface area contributed by atoms with E-state index in [4.69, 9.17) is 14.6 Å². The molecule has 0 spiro atoms. The fourth-order valence-electron chi connectivity index (χ4n) is 3.36. The van der Waals surface area contributed by atoms with Gasteiger partial charge in [0.05, 0.1) is 25.7 Å². The number of sulfonamides is 1. The number of primary sulfonamides is 1. The van der Waals surface area contributed by atoms with Crippen LogP contribution in [0.1, 0.15) is 11.1 Å². The second-order valence-corrected chi connectivity index (χ2v) is 8.26. The Labute approximate surface area is 164 Å². The number of benzene rings is 2. The van der Waals surface area contributed by atoms with Gasteiger partial charge >= 0.3 is 0 Å². The van der Waals surface area contributed by atoms with Crippen LogP contribution in [-0.2, 0) is 27.8 Å². The van der Waals surface area contributed by atoms with Crippen molar-refractivity contribution in [3.05, 3.63) is 47.5 Å². The summed E-state index contributed by atoms with van der Waals surface area (Å²) in [6.07, 6.45) is 0.833. The molecule has 2 aromatic rings. The molecule has 3 rings (SSSR count). The molecule has 0 fully saturated rings. The normalized spacial score (nSPS) is 16.2. The minimum Gasteiger partial charge on any atom is -0.493 e. The van der Waals surface area contributed by atoms with Crippen LogP contribution in [0.3, 0.4) is 0 Å². The molecule has 8 nitrogen and oxygen atoms in total. The quantitative estimate of drug-likeness (QED) is 0.622. The number of hydrogen-bond donors (Lipinski definition) is 3. The topological polar surface area (TPSA) is 112 Å². The average Bonchev–Trinajstić information content (AvgIpc) is 2.66. The zero-order valence-electron chi connectivity index (χ0n) is 15.8. The zero-order chi connectivity index (χ0) is 20.3. The lowest BCUT2D eigenvalue weighted by Gasteiger charge is -2.26. The van der Waals surface area contributed by atoms with Crippen LogP contribution in [0.5, 0.6) is 11.5 Å². The van der Waals surface area contributed by atoms with Gasteiger partial charge < -0.3 is 19.7 Å². The van der Waals surface area contributed by atoms with Crippen LogP contribution >= 0.6 is 0 Å². The smallest absolute Gasteiger partial charge is 0.279 e. The highest BCUT2D eigenvalue weighted by atomic mass is 32.2. The molecule has 0 radical (unpaired) electrons. The van der Waals surface area contributed by atoms with Crippen molar-refractivity contribution >= 4 is 21.6 Å². The second kappa shape index (κ2) is 8.17. The SMILES string of the molecule is COc1cc2c(cc1OC)C[NH+](CC(=O)Nc1cccc(S(N)(=O)=O)c1)CC2. The van der Waals surface area contributed by atoms with Gasteiger partial charge in [0.25, 0.3) is 5.91 Å². The number of quaternary nitrogens is 1. The van der Waals surface area contributed by atoms with Gasteiger partial charge in [0.15, 0.2) is 18.0 Å². The Morgan fingerprint density at radius 2 is 1.82 bits per heavy atom. The lowest BCUT2D eigenvalue weighted by atomic mass is 9.99. The van der Waals surface area contributed by atoms with Crippen molar-refractivity contribution in [3.8, 4) is 11.5 Å². The van der Waals surface area contributed by atoms with E-state index in [-0.39, 0.29) is 17.3 Å². The van der Waals surface area contributed by atoms with Gasteiger partial charge in [-0.3, -0.25) is 4.79 Å². The van der Waals surface area contributed by atoms with Crippen molar-refractivity contribution in [2.24, 2.45) is 5.14 Å². The van der Waals surface area contributed by atoms with Crippen LogP contribution in [0.2, 0.25) is 0 Å². The van der Waals surface area contributed by atoms with Crippen LogP contribution in [-0.4, -0.2) is 41.6 Å². The van der Waals surface area contributed by atoms with Crippen molar-refractivity contribution in [3.63, 3.8) is 0 Å². The van der Waals surface area contributed by atoms with Crippen LogP contribution in [0.4, 0.5) is 5.69 Å². The minimum atomic E-state index is -3.81. The lowest BCUT2D eigenvalue weighted by molar-refractivity contribution is -0.907. The van der Waals surface area contributed by atoms with E-state index in [1.165, 1.54) is 17.7 Å². The predicted octanol–water partition coefficient (Wildman–Crippen LogP) is -0.0691. The maximum Gasteiger partial charge on any atom is 0.279 e. The van der Waals surface area contributed by atoms with Gasteiger partial charge in [-0.1, -0.05) is 6.07 Å². The van der Waals surface area contributed by atoms with Crippen molar-refractivity contribution in [2.75, 3.05) is 32.6 Å². The van der Waals surface area contributed by atoms with Gasteiger partial charge in [0.2, 0.25) is 10.0 Å². The summed E-state index contributed by atoms with van der Waals surface area (Å²) in [5.74, 6) is 1.19. The number of nitrogens with one attached hydrogen (secondary N) is 2. The summed E-state index contributed by atoms with van der Waals surface area (Å²) in [4.78, 5) is 13.5. The molecule has 1 aliphatic heterocycles. The molecule has 1 heterocycles. The van der Waals surface area contributed by atoms with E-state index in [1.807, 2.05) is 12.1 Å². The number of ether oxygens (including phenoxy) is 2. The summed E-state index contributed by atoms with van der Waals surface area (Å²) in [5.41, 5.74) is 2.73. The van der Waals surface area contributed by atoms with Gasteiger partial charge in [-0.15, -0.1) is 0 Å². The molecule has 0 saturated heterocycles. The molecule has 0 aliphatic carbocycles. The molecule has 150 valence electrons. The standard InChI is InChI=1S/C19H23N3O5S/c1-26-17-8-13-6-7-22(11-14(13)9-18(17)27-2)12-19(23)21-15-4-3-5-16(10-15)28(20,24)25/h3-5,8-10H,6-7,11-12H2,1-2H3,(H,21,23)(H2,20,24,25)/p+1. The van der Waals surface area contributed by atoms with Crippen LogP contribution < -0.4 is 24.8 Å². The van der Waals surface area contributed by atoms with E-state index in [1.54, 1.807) is 26.4 Å². The fourth-order valence-corrected chi connectivity index (χ4v) is 3.92. The van der Waals surface area contributed by atoms with Gasteiger partial charge in [-0.2, -0.15) is 0 Å². The molecule has 0 aromatic heterocycles. The Morgan fingerprint density at radius 1 is 1.14 bits per heavy atom. The number of rotatable bonds is 6. The van der Waals surface area contributed by atoms with E-state index in [0.29, 0.717) is 23.7 Å². The van der Waals surface area contributed by atoms with E-state index in [9.17, 15) is 13.2 Å². The van der Waals surface area contributed by atoms with Crippen molar-refractivity contribution in [1.29, 1.82) is 0 Å². The first-order valence-corrected chi connectivity index (χ1v) is 10.3. The fraction of sp³-hybridized carbons (Fsp3) is 0.316. The average molecular weight is 406 g/mol. The summed E-state index contributed by atoms with van der Waals surface area (Å²) in [7, 11) is -0.604. The van der Waals surface area contributed by atoms with E-state index in [2.05, 4.69) is 5.32 Å². The van der Waals surface area contributed by atoms with Crippen LogP contribution in [0.15, 0.2) is 41.3 Å². The first-order valence-electron chi connectivity index (χ1n) is 8.80. The molecule has 1 atom stereocenters. The van der Waals surface area contributed by atoms with Crippen molar-refractivity contribution in [2.45, 2.75) is 17.9 Å². The Hall–Kier alpha value is -2.62. The van der Waals surface area contributed by atoms with E-state index in [0.717, 1.165) is 23.4 Å². The zero-order valence-corrected chi connectivity index (χ0v) is 16.6. The Balaban J connectivity index is 1.66. The Morgan fingerprint density at radius 3 is 2.46 bits per heavy atom. The highest BCUT2D eigenvalue weighted by Crippen LogP contribution is 2.31. The van der Waals surface area contributed by atoms with E-state index < -0.39 is 10.0 Å². The third kappa shape index (κ3) is 4.61. The molecular weight excluding hydrogens is 382 g/mol. The van der Waals surface area contributed by atoms with Gasteiger partial charge in [-0.25, -0.2) is 13.6 Å². The number of amides is 1. The molecule has 4 N–H and O–H groups in total. The highest BCUT2D eigenvalue weighted by molar-refractivity contribution is 7.89. The number of methoxy groups -OCH3 is 2. The molecule has 1 amide bonds. The Bertz CT molecular complexity index is 991. The monoisotopic (exact) mass is 406 g/mol. The van der Waals surface area contributed by atoms with Crippen LogP contribution in [0, 0.1) is 0 Å². The lowest BCUT2D eigenvalue weighted by Crippen LogP contribution is -3.12. The van der Waals surface area contributed by atoms with Crippen molar-refractivity contribution < 1.29 is 27.6 Å². The number of hydrogen-bond acceptors (Lipinski definition) is 5. The first-order chi connectivity index (χ1) is 13.3. The van der Waals surface area contributed by atoms with E-state index >= 15 is 0 Å². The van der Waals surface area contributed by atoms with Gasteiger partial charge in [0.1, 0.15) is 6.54 Å². The maximum atomic E-state index is 12.4. The maximum absolute atomic E-state index is 12.4. The summed E-state index contributed by atoms with van der Waals surface area (Å²) in [5, 5.41) is 7.87. The predicted molar refractivity (Wildman–Crippen MR) is 104 cm³/mol. The second-order valence-electron chi connectivity index (χ2n) is 6.70. The highest BCUT2D eigenvalue weighted by Gasteiger charge is 2.24. The number of carbonyl (C=O) groups is 1. The number of carbonyl (C=O) groups excluding carboxylic acids is 1. The molecule has 28 heavy (non-hydrogen) atoms. The largest absolute Gasteiger partial charge is 0.493 e. The van der Waals surface area contributed by atoms with Crippen molar-refractivity contribution in [1.82, 2.24) is 0 Å². The molecule has 0 bridgehead atoms. The van der Waals surface area contributed by atoms with Gasteiger partial charge in [0, 0.05) is 17.7 Å². The molecule has 0 saturated carbocycles. The molecule has 9 heteroatoms.